The lowest BCUT2D eigenvalue weighted by Gasteiger charge is -2.30. The third-order valence-electron chi connectivity index (χ3n) is 3.51. The highest BCUT2D eigenvalue weighted by molar-refractivity contribution is 6.30. The molecule has 0 radical (unpaired) electrons. The van der Waals surface area contributed by atoms with Gasteiger partial charge in [0.1, 0.15) is 5.92 Å². The fourth-order valence-corrected chi connectivity index (χ4v) is 2.66. The van der Waals surface area contributed by atoms with Crippen molar-refractivity contribution in [3.05, 3.63) is 46.1 Å². The van der Waals surface area contributed by atoms with E-state index in [0.29, 0.717) is 21.9 Å². The molecule has 1 aliphatic heterocycles. The van der Waals surface area contributed by atoms with Crippen molar-refractivity contribution in [2.45, 2.75) is 19.8 Å². The molecule has 6 heteroatoms. The van der Waals surface area contributed by atoms with Crippen molar-refractivity contribution in [1.29, 1.82) is 5.26 Å². The first-order valence-electron chi connectivity index (χ1n) is 6.83. The average Bonchev–Trinajstić information content (AvgIpc) is 2.47. The second kappa shape index (κ2) is 6.63. The maximum absolute atomic E-state index is 12.3. The normalized spacial score (nSPS) is 21.1. The number of carbonyl (C=O) groups excluding carboxylic acids is 2. The van der Waals surface area contributed by atoms with Crippen LogP contribution in [0.25, 0.3) is 0 Å². The minimum absolute atomic E-state index is 0.216. The summed E-state index contributed by atoms with van der Waals surface area (Å²) < 4.78 is 5.07. The largest absolute Gasteiger partial charge is 0.463 e. The lowest BCUT2D eigenvalue weighted by atomic mass is 9.77. The fourth-order valence-electron chi connectivity index (χ4n) is 2.53. The summed E-state index contributed by atoms with van der Waals surface area (Å²) in [4.78, 5) is 24.3. The minimum atomic E-state index is -0.996. The second-order valence-electron chi connectivity index (χ2n) is 4.88. The summed E-state index contributed by atoms with van der Waals surface area (Å²) in [6.45, 7) is 3.54. The molecule has 0 saturated carbocycles. The van der Waals surface area contributed by atoms with Gasteiger partial charge in [-0.25, -0.2) is 4.79 Å². The van der Waals surface area contributed by atoms with Gasteiger partial charge < -0.3 is 10.1 Å². The number of nitrogens with one attached hydrogen (secondary N) is 1. The van der Waals surface area contributed by atoms with Crippen LogP contribution in [-0.2, 0) is 14.3 Å². The molecule has 1 N–H and O–H groups in total. The van der Waals surface area contributed by atoms with E-state index in [-0.39, 0.29) is 6.61 Å². The summed E-state index contributed by atoms with van der Waals surface area (Å²) in [6.07, 6.45) is 0. The standard InChI is InChI=1S/C16H15ClN2O3/c1-3-22-16(21)13-9(2)19-15(20)12(8-18)14(13)10-4-6-11(17)7-5-10/h4-7,12,14H,3H2,1-2H3,(H,19,20)/t12-,14-/m0/s1. The number of amides is 1. The number of hydrogen-bond donors (Lipinski definition) is 1. The van der Waals surface area contributed by atoms with Gasteiger partial charge in [0, 0.05) is 16.6 Å². The monoisotopic (exact) mass is 318 g/mol. The summed E-state index contributed by atoms with van der Waals surface area (Å²) >= 11 is 5.88. The first kappa shape index (κ1) is 16.1. The number of benzene rings is 1. The van der Waals surface area contributed by atoms with Crippen LogP contribution in [0.5, 0.6) is 0 Å². The van der Waals surface area contributed by atoms with Crippen molar-refractivity contribution in [2.24, 2.45) is 5.92 Å². The van der Waals surface area contributed by atoms with Gasteiger partial charge in [0.25, 0.3) is 0 Å². The van der Waals surface area contributed by atoms with Crippen molar-refractivity contribution in [1.82, 2.24) is 5.32 Å². The highest BCUT2D eigenvalue weighted by Crippen LogP contribution is 2.37. The molecule has 2 atom stereocenters. The molecule has 1 aromatic rings. The minimum Gasteiger partial charge on any atom is -0.463 e. The number of halogens is 1. The van der Waals surface area contributed by atoms with Gasteiger partial charge in [0.05, 0.1) is 18.2 Å². The number of ether oxygens (including phenoxy) is 1. The first-order valence-corrected chi connectivity index (χ1v) is 7.21. The van der Waals surface area contributed by atoms with E-state index < -0.39 is 23.7 Å². The van der Waals surface area contributed by atoms with E-state index in [4.69, 9.17) is 16.3 Å². The molecule has 0 saturated heterocycles. The SMILES string of the molecule is CCOC(=O)C1=C(C)NC(=O)[C@@H](C#N)[C@@H]1c1ccc(Cl)cc1. The van der Waals surface area contributed by atoms with Gasteiger partial charge in [-0.1, -0.05) is 23.7 Å². The van der Waals surface area contributed by atoms with Crippen molar-refractivity contribution in [2.75, 3.05) is 6.61 Å². The average molecular weight is 319 g/mol. The molecule has 114 valence electrons. The maximum Gasteiger partial charge on any atom is 0.336 e. The molecule has 2 rings (SSSR count). The summed E-state index contributed by atoms with van der Waals surface area (Å²) in [5, 5.41) is 12.5. The number of rotatable bonds is 3. The van der Waals surface area contributed by atoms with Crippen LogP contribution < -0.4 is 5.32 Å². The number of hydrogen-bond acceptors (Lipinski definition) is 4. The highest BCUT2D eigenvalue weighted by Gasteiger charge is 2.41. The van der Waals surface area contributed by atoms with Gasteiger partial charge in [-0.15, -0.1) is 0 Å². The zero-order valence-electron chi connectivity index (χ0n) is 12.2. The van der Waals surface area contributed by atoms with Crippen LogP contribution in [0.2, 0.25) is 5.02 Å². The predicted molar refractivity (Wildman–Crippen MR) is 80.8 cm³/mol. The molecular formula is C16H15ClN2O3. The van der Waals surface area contributed by atoms with Crippen LogP contribution in [0.1, 0.15) is 25.3 Å². The van der Waals surface area contributed by atoms with Crippen molar-refractivity contribution >= 4 is 23.5 Å². The number of nitrogens with zero attached hydrogens (tertiary/aromatic N) is 1. The molecule has 0 unspecified atom stereocenters. The molecule has 0 spiro atoms. The summed E-state index contributed by atoms with van der Waals surface area (Å²) in [5.74, 6) is -2.62. The molecule has 1 amide bonds. The van der Waals surface area contributed by atoms with E-state index in [1.807, 2.05) is 6.07 Å². The van der Waals surface area contributed by atoms with Crippen LogP contribution >= 0.6 is 11.6 Å². The number of carbonyl (C=O) groups is 2. The van der Waals surface area contributed by atoms with Gasteiger partial charge in [-0.05, 0) is 31.5 Å². The molecule has 22 heavy (non-hydrogen) atoms. The van der Waals surface area contributed by atoms with Crippen molar-refractivity contribution in [3.8, 4) is 6.07 Å². The van der Waals surface area contributed by atoms with Crippen LogP contribution in [-0.4, -0.2) is 18.5 Å². The van der Waals surface area contributed by atoms with Crippen molar-refractivity contribution < 1.29 is 14.3 Å². The van der Waals surface area contributed by atoms with Gasteiger partial charge in [0.15, 0.2) is 0 Å². The Kier molecular flexibility index (Phi) is 4.84. The Labute approximate surface area is 133 Å². The highest BCUT2D eigenvalue weighted by atomic mass is 35.5. The van der Waals surface area contributed by atoms with E-state index in [1.165, 1.54) is 0 Å². The van der Waals surface area contributed by atoms with Crippen molar-refractivity contribution in [3.63, 3.8) is 0 Å². The van der Waals surface area contributed by atoms with Gasteiger partial charge >= 0.3 is 5.97 Å². The maximum atomic E-state index is 12.3. The van der Waals surface area contributed by atoms with E-state index >= 15 is 0 Å². The van der Waals surface area contributed by atoms with Crippen LogP contribution in [0, 0.1) is 17.2 Å². The molecule has 0 aliphatic carbocycles. The Morgan fingerprint density at radius 3 is 2.59 bits per heavy atom. The van der Waals surface area contributed by atoms with Crippen LogP contribution in [0.4, 0.5) is 0 Å². The zero-order valence-corrected chi connectivity index (χ0v) is 13.0. The zero-order chi connectivity index (χ0) is 16.3. The van der Waals surface area contributed by atoms with E-state index in [0.717, 1.165) is 0 Å². The molecule has 0 aromatic heterocycles. The van der Waals surface area contributed by atoms with Gasteiger partial charge in [-0.3, -0.25) is 4.79 Å². The van der Waals surface area contributed by atoms with Gasteiger partial charge in [0.2, 0.25) is 5.91 Å². The quantitative estimate of drug-likeness (QED) is 0.869. The van der Waals surface area contributed by atoms with Gasteiger partial charge in [-0.2, -0.15) is 5.26 Å². The number of nitriles is 1. The molecular weight excluding hydrogens is 304 g/mol. The molecule has 0 fully saturated rings. The summed E-state index contributed by atoms with van der Waals surface area (Å²) in [7, 11) is 0. The topological polar surface area (TPSA) is 79.2 Å². The Bertz CT molecular complexity index is 674. The first-order chi connectivity index (χ1) is 10.5. The molecule has 0 bridgehead atoms. The van der Waals surface area contributed by atoms with E-state index in [1.54, 1.807) is 38.1 Å². The molecule has 1 heterocycles. The number of esters is 1. The van der Waals surface area contributed by atoms with E-state index in [2.05, 4.69) is 5.32 Å². The summed E-state index contributed by atoms with van der Waals surface area (Å²) in [6, 6.07) is 8.72. The lowest BCUT2D eigenvalue weighted by Crippen LogP contribution is -2.41. The molecule has 1 aromatic carbocycles. The Morgan fingerprint density at radius 1 is 1.41 bits per heavy atom. The molecule has 5 nitrogen and oxygen atoms in total. The lowest BCUT2D eigenvalue weighted by molar-refractivity contribution is -0.139. The van der Waals surface area contributed by atoms with Crippen LogP contribution in [0.3, 0.4) is 0 Å². The predicted octanol–water partition coefficient (Wildman–Crippen LogP) is 2.53. The summed E-state index contributed by atoms with van der Waals surface area (Å²) in [5.41, 5.74) is 1.39. The Hall–Kier alpha value is -2.32. The number of allylic oxidation sites excluding steroid dienone is 1. The smallest absolute Gasteiger partial charge is 0.336 e. The Balaban J connectivity index is 2.57. The third-order valence-corrected chi connectivity index (χ3v) is 3.76. The second-order valence-corrected chi connectivity index (χ2v) is 5.32. The Morgan fingerprint density at radius 2 is 2.05 bits per heavy atom. The fraction of sp³-hybridized carbons (Fsp3) is 0.312. The van der Waals surface area contributed by atoms with E-state index in [9.17, 15) is 14.9 Å². The molecule has 1 aliphatic rings. The van der Waals surface area contributed by atoms with Crippen LogP contribution in [0.15, 0.2) is 35.5 Å². The third kappa shape index (κ3) is 2.97.